The van der Waals surface area contributed by atoms with E-state index in [4.69, 9.17) is 9.47 Å². The molecule has 4 nitrogen and oxygen atoms in total. The third kappa shape index (κ3) is 5.26. The zero-order valence-electron chi connectivity index (χ0n) is 12.2. The van der Waals surface area contributed by atoms with E-state index in [9.17, 15) is 9.18 Å². The van der Waals surface area contributed by atoms with Crippen molar-refractivity contribution in [3.05, 3.63) is 59.5 Å². The average Bonchev–Trinajstić information content (AvgIpc) is 2.56. The molecule has 22 heavy (non-hydrogen) atoms. The molecule has 0 saturated heterocycles. The summed E-state index contributed by atoms with van der Waals surface area (Å²) < 4.78 is 23.8. The number of aldehydes is 1. The summed E-state index contributed by atoms with van der Waals surface area (Å²) in [5.41, 5.74) is 1.27. The maximum atomic E-state index is 12.9. The Morgan fingerprint density at radius 2 is 1.91 bits per heavy atom. The van der Waals surface area contributed by atoms with Crippen molar-refractivity contribution in [3.8, 4) is 5.88 Å². The SMILES string of the molecule is O=Cc1cc(F)cnc1OCCCCOCc1ccccc1. The predicted octanol–water partition coefficient (Wildman–Crippen LogP) is 3.41. The average molecular weight is 303 g/mol. The lowest BCUT2D eigenvalue weighted by Gasteiger charge is -2.07. The minimum atomic E-state index is -0.552. The van der Waals surface area contributed by atoms with E-state index in [1.807, 2.05) is 30.3 Å². The molecule has 0 bridgehead atoms. The number of hydrogen-bond acceptors (Lipinski definition) is 4. The largest absolute Gasteiger partial charge is 0.477 e. The number of carbonyl (C=O) groups excluding carboxylic acids is 1. The van der Waals surface area contributed by atoms with Crippen LogP contribution in [0.25, 0.3) is 0 Å². The molecule has 5 heteroatoms. The first kappa shape index (κ1) is 16.1. The Labute approximate surface area is 128 Å². The first-order chi connectivity index (χ1) is 10.8. The van der Waals surface area contributed by atoms with Crippen molar-refractivity contribution < 1.29 is 18.7 Å². The summed E-state index contributed by atoms with van der Waals surface area (Å²) in [5, 5.41) is 0. The Bertz CT molecular complexity index is 590. The molecule has 0 aliphatic carbocycles. The molecule has 0 saturated carbocycles. The van der Waals surface area contributed by atoms with Crippen molar-refractivity contribution in [2.45, 2.75) is 19.4 Å². The number of hydrogen-bond donors (Lipinski definition) is 0. The van der Waals surface area contributed by atoms with E-state index in [1.54, 1.807) is 0 Å². The van der Waals surface area contributed by atoms with Gasteiger partial charge in [-0.25, -0.2) is 9.37 Å². The van der Waals surface area contributed by atoms with Crippen LogP contribution in [0.15, 0.2) is 42.6 Å². The number of unbranched alkanes of at least 4 members (excludes halogenated alkanes) is 1. The topological polar surface area (TPSA) is 48.4 Å². The number of benzene rings is 1. The predicted molar refractivity (Wildman–Crippen MR) is 80.4 cm³/mol. The van der Waals surface area contributed by atoms with Gasteiger partial charge in [-0.2, -0.15) is 0 Å². The molecule has 0 fully saturated rings. The Hall–Kier alpha value is -2.27. The number of aromatic nitrogens is 1. The van der Waals surface area contributed by atoms with E-state index < -0.39 is 5.82 Å². The van der Waals surface area contributed by atoms with E-state index in [0.29, 0.717) is 26.1 Å². The number of carbonyl (C=O) groups is 1. The van der Waals surface area contributed by atoms with Gasteiger partial charge in [0.1, 0.15) is 5.82 Å². The van der Waals surface area contributed by atoms with Crippen LogP contribution in [-0.4, -0.2) is 24.5 Å². The van der Waals surface area contributed by atoms with Crippen LogP contribution >= 0.6 is 0 Å². The standard InChI is InChI=1S/C17H18FNO3/c18-16-10-15(12-20)17(19-11-16)22-9-5-4-8-21-13-14-6-2-1-3-7-14/h1-3,6-7,10-12H,4-5,8-9,13H2. The summed E-state index contributed by atoms with van der Waals surface area (Å²) in [6, 6.07) is 11.1. The van der Waals surface area contributed by atoms with Gasteiger partial charge in [0, 0.05) is 6.61 Å². The van der Waals surface area contributed by atoms with Crippen LogP contribution in [0.2, 0.25) is 0 Å². The monoisotopic (exact) mass is 303 g/mol. The van der Waals surface area contributed by atoms with E-state index >= 15 is 0 Å². The zero-order valence-corrected chi connectivity index (χ0v) is 12.2. The highest BCUT2D eigenvalue weighted by atomic mass is 19.1. The molecule has 0 aliphatic rings. The van der Waals surface area contributed by atoms with E-state index in [0.717, 1.165) is 30.7 Å². The van der Waals surface area contributed by atoms with Crippen LogP contribution in [-0.2, 0) is 11.3 Å². The molecule has 0 spiro atoms. The fraction of sp³-hybridized carbons (Fsp3) is 0.294. The van der Waals surface area contributed by atoms with Crippen molar-refractivity contribution in [3.63, 3.8) is 0 Å². The van der Waals surface area contributed by atoms with Crippen LogP contribution in [0.4, 0.5) is 4.39 Å². The lowest BCUT2D eigenvalue weighted by Crippen LogP contribution is -2.04. The minimum Gasteiger partial charge on any atom is -0.477 e. The molecule has 0 atom stereocenters. The molecule has 1 heterocycles. The second kappa shape index (κ2) is 8.89. The molecule has 116 valence electrons. The van der Waals surface area contributed by atoms with Crippen LogP contribution < -0.4 is 4.74 Å². The van der Waals surface area contributed by atoms with Crippen molar-refractivity contribution in [2.75, 3.05) is 13.2 Å². The summed E-state index contributed by atoms with van der Waals surface area (Å²) in [7, 11) is 0. The van der Waals surface area contributed by atoms with E-state index in [-0.39, 0.29) is 11.4 Å². The molecule has 1 aromatic heterocycles. The number of halogens is 1. The Kier molecular flexibility index (Phi) is 6.51. The van der Waals surface area contributed by atoms with Crippen LogP contribution in [0, 0.1) is 5.82 Å². The summed E-state index contributed by atoms with van der Waals surface area (Å²) >= 11 is 0. The fourth-order valence-corrected chi connectivity index (χ4v) is 1.89. The normalized spacial score (nSPS) is 10.4. The summed E-state index contributed by atoms with van der Waals surface area (Å²) in [5.74, 6) is -0.384. The van der Waals surface area contributed by atoms with Gasteiger partial charge in [0.15, 0.2) is 6.29 Å². The number of rotatable bonds is 9. The van der Waals surface area contributed by atoms with Gasteiger partial charge in [-0.15, -0.1) is 0 Å². The molecule has 2 aromatic rings. The van der Waals surface area contributed by atoms with E-state index in [2.05, 4.69) is 4.98 Å². The molecule has 0 unspecified atom stereocenters. The van der Waals surface area contributed by atoms with Gasteiger partial charge in [-0.05, 0) is 24.5 Å². The highest BCUT2D eigenvalue weighted by Gasteiger charge is 2.06. The van der Waals surface area contributed by atoms with Crippen molar-refractivity contribution in [2.24, 2.45) is 0 Å². The van der Waals surface area contributed by atoms with Gasteiger partial charge in [-0.1, -0.05) is 30.3 Å². The maximum Gasteiger partial charge on any atom is 0.224 e. The molecule has 0 aliphatic heterocycles. The summed E-state index contributed by atoms with van der Waals surface area (Å²) in [6.07, 6.45) is 3.18. The zero-order chi connectivity index (χ0) is 15.6. The molecule has 0 radical (unpaired) electrons. The van der Waals surface area contributed by atoms with Gasteiger partial charge in [0.25, 0.3) is 0 Å². The third-order valence-corrected chi connectivity index (χ3v) is 3.01. The molecular weight excluding hydrogens is 285 g/mol. The van der Waals surface area contributed by atoms with Gasteiger partial charge < -0.3 is 9.47 Å². The quantitative estimate of drug-likeness (QED) is 0.526. The number of ether oxygens (including phenoxy) is 2. The Morgan fingerprint density at radius 1 is 1.14 bits per heavy atom. The highest BCUT2D eigenvalue weighted by molar-refractivity contribution is 5.77. The number of nitrogens with zero attached hydrogens (tertiary/aromatic N) is 1. The van der Waals surface area contributed by atoms with Gasteiger partial charge in [-0.3, -0.25) is 4.79 Å². The highest BCUT2D eigenvalue weighted by Crippen LogP contribution is 2.14. The van der Waals surface area contributed by atoms with Gasteiger partial charge in [0.2, 0.25) is 5.88 Å². The first-order valence-electron chi connectivity index (χ1n) is 7.15. The van der Waals surface area contributed by atoms with Gasteiger partial charge in [0.05, 0.1) is 25.0 Å². The summed E-state index contributed by atoms with van der Waals surface area (Å²) in [6.45, 7) is 1.64. The Morgan fingerprint density at radius 3 is 2.68 bits per heavy atom. The maximum absolute atomic E-state index is 12.9. The van der Waals surface area contributed by atoms with Crippen LogP contribution in [0.1, 0.15) is 28.8 Å². The second-order valence-electron chi connectivity index (χ2n) is 4.76. The lowest BCUT2D eigenvalue weighted by molar-refractivity contribution is 0.110. The first-order valence-corrected chi connectivity index (χ1v) is 7.15. The molecular formula is C17H18FNO3. The van der Waals surface area contributed by atoms with Crippen LogP contribution in [0.5, 0.6) is 5.88 Å². The molecule has 2 rings (SSSR count). The Balaban J connectivity index is 1.60. The van der Waals surface area contributed by atoms with Crippen molar-refractivity contribution in [1.29, 1.82) is 0 Å². The number of pyridine rings is 1. The second-order valence-corrected chi connectivity index (χ2v) is 4.76. The fourth-order valence-electron chi connectivity index (χ4n) is 1.89. The van der Waals surface area contributed by atoms with E-state index in [1.165, 1.54) is 0 Å². The van der Waals surface area contributed by atoms with Crippen LogP contribution in [0.3, 0.4) is 0 Å². The van der Waals surface area contributed by atoms with Crippen molar-refractivity contribution in [1.82, 2.24) is 4.98 Å². The third-order valence-electron chi connectivity index (χ3n) is 3.01. The van der Waals surface area contributed by atoms with Crippen molar-refractivity contribution >= 4 is 6.29 Å². The smallest absolute Gasteiger partial charge is 0.224 e. The lowest BCUT2D eigenvalue weighted by atomic mass is 10.2. The molecule has 1 aromatic carbocycles. The summed E-state index contributed by atoms with van der Waals surface area (Å²) in [4.78, 5) is 14.5. The minimum absolute atomic E-state index is 0.125. The van der Waals surface area contributed by atoms with Gasteiger partial charge >= 0.3 is 0 Å². The molecule has 0 N–H and O–H groups in total. The molecule has 0 amide bonds.